The Balaban J connectivity index is 3.13. The van der Waals surface area contributed by atoms with Crippen molar-refractivity contribution < 1.29 is 18.0 Å². The van der Waals surface area contributed by atoms with Crippen molar-refractivity contribution in [3.63, 3.8) is 0 Å². The molecule has 0 saturated carbocycles. The molecular formula is C8H4F3IO. The maximum atomic E-state index is 12.1. The monoisotopic (exact) mass is 300 g/mol. The highest BCUT2D eigenvalue weighted by atomic mass is 127. The summed E-state index contributed by atoms with van der Waals surface area (Å²) in [5.41, 5.74) is -0.731. The van der Waals surface area contributed by atoms with Crippen molar-refractivity contribution in [3.8, 4) is 0 Å². The van der Waals surface area contributed by atoms with Crippen molar-refractivity contribution in [2.24, 2.45) is 0 Å². The minimum Gasteiger partial charge on any atom is -0.282 e. The van der Waals surface area contributed by atoms with Crippen LogP contribution >= 0.6 is 22.6 Å². The molecule has 0 aromatic heterocycles. The Morgan fingerprint density at radius 2 is 1.92 bits per heavy atom. The number of benzene rings is 1. The van der Waals surface area contributed by atoms with E-state index < -0.39 is 15.5 Å². The summed E-state index contributed by atoms with van der Waals surface area (Å²) in [6.45, 7) is 0. The Kier molecular flexibility index (Phi) is 2.94. The van der Waals surface area contributed by atoms with Crippen LogP contribution in [0.5, 0.6) is 0 Å². The number of rotatable bonds is 1. The molecule has 0 amide bonds. The fourth-order valence-corrected chi connectivity index (χ4v) is 1.15. The van der Waals surface area contributed by atoms with Gasteiger partial charge in [0.25, 0.3) is 0 Å². The molecule has 0 aliphatic rings. The van der Waals surface area contributed by atoms with Crippen LogP contribution in [0.1, 0.15) is 15.9 Å². The molecule has 0 spiro atoms. The molecule has 1 rings (SSSR count). The number of halogens is 4. The third kappa shape index (κ3) is 2.68. The van der Waals surface area contributed by atoms with Gasteiger partial charge in [-0.1, -0.05) is 12.1 Å². The molecule has 0 bridgehead atoms. The van der Waals surface area contributed by atoms with Crippen LogP contribution in [-0.2, 0) is 6.18 Å². The molecule has 13 heavy (non-hydrogen) atoms. The van der Waals surface area contributed by atoms with Gasteiger partial charge >= 0.3 is 6.18 Å². The molecule has 1 aromatic rings. The first-order valence-corrected chi connectivity index (χ1v) is 4.36. The molecule has 0 atom stereocenters. The number of alkyl halides is 3. The molecule has 0 fully saturated rings. The zero-order valence-electron chi connectivity index (χ0n) is 6.23. The largest absolute Gasteiger partial charge is 0.416 e. The van der Waals surface area contributed by atoms with Crippen molar-refractivity contribution in [2.75, 3.05) is 0 Å². The van der Waals surface area contributed by atoms with E-state index in [4.69, 9.17) is 0 Å². The Labute approximate surface area is 86.1 Å². The molecule has 0 aliphatic carbocycles. The van der Waals surface area contributed by atoms with Gasteiger partial charge in [-0.05, 0) is 12.1 Å². The lowest BCUT2D eigenvalue weighted by Crippen LogP contribution is -2.05. The first-order chi connectivity index (χ1) is 5.91. The molecule has 0 unspecified atom stereocenters. The third-order valence-corrected chi connectivity index (χ3v) is 2.04. The second-order valence-corrected chi connectivity index (χ2v) is 3.33. The molecule has 1 nitrogen and oxygen atoms in total. The maximum absolute atomic E-state index is 12.1. The highest BCUT2D eigenvalue weighted by Gasteiger charge is 2.30. The minimum absolute atomic E-state index is 0.0652. The average molecular weight is 300 g/mol. The van der Waals surface area contributed by atoms with Gasteiger partial charge in [0.15, 0.2) is 0 Å². The summed E-state index contributed by atoms with van der Waals surface area (Å²) in [4.78, 5) is 10.7. The normalized spacial score (nSPS) is 11.4. The molecule has 5 heteroatoms. The summed E-state index contributed by atoms with van der Waals surface area (Å²) >= 11 is 1.45. The summed E-state index contributed by atoms with van der Waals surface area (Å²) in [7, 11) is 0. The molecular weight excluding hydrogens is 296 g/mol. The standard InChI is InChI=1S/C8H4F3IO/c9-8(10,11)6-3-1-2-5(4-6)7(12)13/h1-4H. The van der Waals surface area contributed by atoms with Crippen molar-refractivity contribution in [2.45, 2.75) is 6.18 Å². The van der Waals surface area contributed by atoms with Crippen LogP contribution in [0, 0.1) is 0 Å². The van der Waals surface area contributed by atoms with E-state index in [2.05, 4.69) is 0 Å². The summed E-state index contributed by atoms with van der Waals surface area (Å²) in [5.74, 6) is 0. The Bertz CT molecular complexity index is 332. The Hall–Kier alpha value is -0.590. The van der Waals surface area contributed by atoms with Crippen LogP contribution < -0.4 is 0 Å². The van der Waals surface area contributed by atoms with Crippen LogP contribution in [-0.4, -0.2) is 3.79 Å². The summed E-state index contributed by atoms with van der Waals surface area (Å²) < 4.78 is 36.0. The SMILES string of the molecule is O=C(I)c1cccc(C(F)(F)F)c1. The second kappa shape index (κ2) is 3.65. The third-order valence-electron chi connectivity index (χ3n) is 1.42. The van der Waals surface area contributed by atoms with Gasteiger partial charge in [0.2, 0.25) is 3.79 Å². The van der Waals surface area contributed by atoms with Gasteiger partial charge in [0.05, 0.1) is 5.56 Å². The predicted octanol–water partition coefficient (Wildman–Crippen LogP) is 3.28. The van der Waals surface area contributed by atoms with E-state index in [-0.39, 0.29) is 5.56 Å². The van der Waals surface area contributed by atoms with Gasteiger partial charge < -0.3 is 0 Å². The van der Waals surface area contributed by atoms with Gasteiger partial charge in [-0.25, -0.2) is 0 Å². The van der Waals surface area contributed by atoms with Crippen molar-refractivity contribution in [1.29, 1.82) is 0 Å². The van der Waals surface area contributed by atoms with Crippen LogP contribution in [0.15, 0.2) is 24.3 Å². The number of carbonyl (C=O) groups is 1. The summed E-state index contributed by atoms with van der Waals surface area (Å²) in [6.07, 6.45) is -4.39. The van der Waals surface area contributed by atoms with E-state index in [0.717, 1.165) is 12.1 Å². The summed E-state index contributed by atoms with van der Waals surface area (Å²) in [6, 6.07) is 4.34. The van der Waals surface area contributed by atoms with Crippen LogP contribution in [0.3, 0.4) is 0 Å². The van der Waals surface area contributed by atoms with Crippen molar-refractivity contribution in [1.82, 2.24) is 0 Å². The van der Waals surface area contributed by atoms with E-state index in [1.54, 1.807) is 0 Å². The quantitative estimate of drug-likeness (QED) is 0.574. The molecule has 0 aliphatic heterocycles. The van der Waals surface area contributed by atoms with E-state index in [0.29, 0.717) is 0 Å². The van der Waals surface area contributed by atoms with Gasteiger partial charge in [-0.3, -0.25) is 4.79 Å². The molecule has 0 saturated heterocycles. The van der Waals surface area contributed by atoms with E-state index in [9.17, 15) is 18.0 Å². The number of hydrogen-bond acceptors (Lipinski definition) is 1. The van der Waals surface area contributed by atoms with Gasteiger partial charge in [-0.15, -0.1) is 0 Å². The molecule has 0 N–H and O–H groups in total. The minimum atomic E-state index is -4.39. The lowest BCUT2D eigenvalue weighted by molar-refractivity contribution is -0.137. The molecule has 0 radical (unpaired) electrons. The Morgan fingerprint density at radius 3 is 2.38 bits per heavy atom. The topological polar surface area (TPSA) is 17.1 Å². The highest BCUT2D eigenvalue weighted by molar-refractivity contribution is 14.1. The Morgan fingerprint density at radius 1 is 1.31 bits per heavy atom. The van der Waals surface area contributed by atoms with Crippen LogP contribution in [0.25, 0.3) is 0 Å². The fraction of sp³-hybridized carbons (Fsp3) is 0.125. The number of carbonyl (C=O) groups excluding carboxylic acids is 1. The van der Waals surface area contributed by atoms with Gasteiger partial charge in [-0.2, -0.15) is 13.2 Å². The van der Waals surface area contributed by atoms with Crippen molar-refractivity contribution in [3.05, 3.63) is 35.4 Å². The maximum Gasteiger partial charge on any atom is 0.416 e. The predicted molar refractivity (Wildman–Crippen MR) is 49.8 cm³/mol. The van der Waals surface area contributed by atoms with E-state index >= 15 is 0 Å². The lowest BCUT2D eigenvalue weighted by atomic mass is 10.1. The molecule has 70 valence electrons. The second-order valence-electron chi connectivity index (χ2n) is 2.35. The zero-order chi connectivity index (χ0) is 10.1. The first-order valence-electron chi connectivity index (χ1n) is 3.28. The van der Waals surface area contributed by atoms with Gasteiger partial charge in [0, 0.05) is 28.2 Å². The lowest BCUT2D eigenvalue weighted by Gasteiger charge is -2.06. The van der Waals surface area contributed by atoms with Crippen LogP contribution in [0.4, 0.5) is 13.2 Å². The fourth-order valence-electron chi connectivity index (χ4n) is 0.818. The summed E-state index contributed by atoms with van der Waals surface area (Å²) in [5, 5.41) is 0. The van der Waals surface area contributed by atoms with E-state index in [1.807, 2.05) is 0 Å². The number of hydrogen-bond donors (Lipinski definition) is 0. The molecule has 1 aromatic carbocycles. The van der Waals surface area contributed by atoms with E-state index in [1.165, 1.54) is 34.7 Å². The zero-order valence-corrected chi connectivity index (χ0v) is 8.39. The first kappa shape index (κ1) is 10.5. The van der Waals surface area contributed by atoms with Crippen molar-refractivity contribution >= 4 is 26.4 Å². The smallest absolute Gasteiger partial charge is 0.282 e. The highest BCUT2D eigenvalue weighted by Crippen LogP contribution is 2.29. The average Bonchev–Trinajstić information content (AvgIpc) is 2.03. The van der Waals surface area contributed by atoms with Crippen LogP contribution in [0.2, 0.25) is 0 Å². The van der Waals surface area contributed by atoms with Gasteiger partial charge in [0.1, 0.15) is 0 Å². The molecule has 0 heterocycles.